The molecule has 3 heteroatoms. The standard InChI is InChI=1S/C23H29ClOS/c1-15-13-17-18(22(15)26(6,7)24)14-19(23(2,3)4)21(25-5)20(17)16-11-9-8-10-12-16/h8-12,14H,13H2,1-7H3. The summed E-state index contributed by atoms with van der Waals surface area (Å²) < 4.78 is 5.99. The Morgan fingerprint density at radius 1 is 1.08 bits per heavy atom. The fraction of sp³-hybridized carbons (Fsp3) is 0.391. The van der Waals surface area contributed by atoms with Crippen molar-refractivity contribution in [3.05, 3.63) is 58.7 Å². The van der Waals surface area contributed by atoms with Crippen molar-refractivity contribution in [3.8, 4) is 16.9 Å². The molecule has 0 aliphatic heterocycles. The van der Waals surface area contributed by atoms with Crippen molar-refractivity contribution in [1.29, 1.82) is 0 Å². The molecule has 0 saturated heterocycles. The fourth-order valence-corrected chi connectivity index (χ4v) is 6.27. The lowest BCUT2D eigenvalue weighted by Crippen LogP contribution is -2.15. The zero-order valence-corrected chi connectivity index (χ0v) is 18.4. The Balaban J connectivity index is 2.42. The summed E-state index contributed by atoms with van der Waals surface area (Å²) in [7, 11) is 7.35. The predicted molar refractivity (Wildman–Crippen MR) is 119 cm³/mol. The minimum Gasteiger partial charge on any atom is -0.496 e. The van der Waals surface area contributed by atoms with Gasteiger partial charge in [0.05, 0.1) is 7.11 Å². The zero-order valence-electron chi connectivity index (χ0n) is 16.9. The summed E-state index contributed by atoms with van der Waals surface area (Å²) >= 11 is 0. The van der Waals surface area contributed by atoms with Crippen LogP contribution in [0.25, 0.3) is 16.0 Å². The number of halogens is 1. The minimum absolute atomic E-state index is 0.0166. The lowest BCUT2D eigenvalue weighted by Gasteiger charge is -2.30. The molecule has 0 heterocycles. The quantitative estimate of drug-likeness (QED) is 0.541. The summed E-state index contributed by atoms with van der Waals surface area (Å²) in [6, 6.07) is 12.9. The molecule has 26 heavy (non-hydrogen) atoms. The van der Waals surface area contributed by atoms with Crippen LogP contribution >= 0.6 is 19.9 Å². The van der Waals surface area contributed by atoms with Gasteiger partial charge in [-0.3, -0.25) is 0 Å². The van der Waals surface area contributed by atoms with Gasteiger partial charge in [-0.25, -0.2) is 0 Å². The molecule has 0 fully saturated rings. The van der Waals surface area contributed by atoms with Crippen LogP contribution in [-0.4, -0.2) is 19.6 Å². The van der Waals surface area contributed by atoms with Gasteiger partial charge in [-0.05, 0) is 54.0 Å². The molecule has 0 unspecified atom stereocenters. The van der Waals surface area contributed by atoms with E-state index in [9.17, 15) is 0 Å². The van der Waals surface area contributed by atoms with Crippen LogP contribution in [0.1, 0.15) is 44.4 Å². The molecule has 0 aromatic heterocycles. The largest absolute Gasteiger partial charge is 0.496 e. The van der Waals surface area contributed by atoms with E-state index in [0.29, 0.717) is 0 Å². The second-order valence-corrected chi connectivity index (χ2v) is 13.6. The van der Waals surface area contributed by atoms with Crippen LogP contribution in [0.3, 0.4) is 0 Å². The maximum absolute atomic E-state index is 6.89. The van der Waals surface area contributed by atoms with E-state index in [1.165, 1.54) is 38.3 Å². The third-order valence-electron chi connectivity index (χ3n) is 5.02. The van der Waals surface area contributed by atoms with Crippen molar-refractivity contribution in [2.24, 2.45) is 0 Å². The number of fused-ring (bicyclic) bond motifs is 1. The molecule has 0 saturated carbocycles. The summed E-state index contributed by atoms with van der Waals surface area (Å²) in [5, 5.41) is 0. The molecule has 2 aromatic rings. The van der Waals surface area contributed by atoms with Crippen molar-refractivity contribution in [2.45, 2.75) is 39.5 Å². The van der Waals surface area contributed by atoms with Crippen molar-refractivity contribution in [1.82, 2.24) is 0 Å². The first-order chi connectivity index (χ1) is 12.1. The monoisotopic (exact) mass is 388 g/mol. The molecule has 1 nitrogen and oxygen atoms in total. The maximum atomic E-state index is 6.89. The highest BCUT2D eigenvalue weighted by Crippen LogP contribution is 2.64. The maximum Gasteiger partial charge on any atom is 0.130 e. The minimum atomic E-state index is -1.33. The number of hydrogen-bond acceptors (Lipinski definition) is 1. The number of benzene rings is 2. The van der Waals surface area contributed by atoms with Crippen LogP contribution in [0.4, 0.5) is 0 Å². The van der Waals surface area contributed by atoms with Gasteiger partial charge < -0.3 is 4.74 Å². The molecule has 0 bridgehead atoms. The number of ether oxygens (including phenoxy) is 1. The van der Waals surface area contributed by atoms with Crippen LogP contribution in [0.2, 0.25) is 0 Å². The van der Waals surface area contributed by atoms with Gasteiger partial charge in [-0.15, -0.1) is 9.24 Å². The SMILES string of the molecule is COc1c(C(C)(C)C)cc2c(c1-c1ccccc1)CC(C)=C2S(C)(C)Cl. The first-order valence-electron chi connectivity index (χ1n) is 8.98. The van der Waals surface area contributed by atoms with Crippen molar-refractivity contribution >= 4 is 24.8 Å². The number of rotatable bonds is 3. The third kappa shape index (κ3) is 3.30. The lowest BCUT2D eigenvalue weighted by atomic mass is 9.81. The predicted octanol–water partition coefficient (Wildman–Crippen LogP) is 7.16. The topological polar surface area (TPSA) is 9.23 Å². The van der Waals surface area contributed by atoms with Gasteiger partial charge in [0.25, 0.3) is 0 Å². The molecular weight excluding hydrogens is 360 g/mol. The summed E-state index contributed by atoms with van der Waals surface area (Å²) in [5.41, 5.74) is 7.73. The normalized spacial score (nSPS) is 15.2. The molecule has 1 aliphatic carbocycles. The van der Waals surface area contributed by atoms with Gasteiger partial charge in [0.1, 0.15) is 5.75 Å². The Kier molecular flexibility index (Phi) is 4.96. The summed E-state index contributed by atoms with van der Waals surface area (Å²) in [6.07, 6.45) is 5.29. The number of allylic oxidation sites excluding steroid dienone is 1. The second kappa shape index (κ2) is 6.65. The summed E-state index contributed by atoms with van der Waals surface area (Å²) in [6.45, 7) is 8.96. The van der Waals surface area contributed by atoms with Crippen molar-refractivity contribution < 1.29 is 4.74 Å². The van der Waals surface area contributed by atoms with E-state index in [2.05, 4.69) is 76.6 Å². The molecule has 1 aliphatic rings. The van der Waals surface area contributed by atoms with E-state index >= 15 is 0 Å². The van der Waals surface area contributed by atoms with E-state index in [1.54, 1.807) is 7.11 Å². The van der Waals surface area contributed by atoms with E-state index in [-0.39, 0.29) is 5.41 Å². The molecule has 0 amide bonds. The van der Waals surface area contributed by atoms with Crippen LogP contribution in [-0.2, 0) is 11.8 Å². The first kappa shape index (κ1) is 19.4. The molecule has 0 N–H and O–H groups in total. The summed E-state index contributed by atoms with van der Waals surface area (Å²) in [5.74, 6) is 0.999. The average Bonchev–Trinajstić information content (AvgIpc) is 2.88. The Hall–Kier alpha value is -1.38. The fourth-order valence-electron chi connectivity index (χ4n) is 4.02. The Morgan fingerprint density at radius 2 is 1.69 bits per heavy atom. The third-order valence-corrected chi connectivity index (χ3v) is 7.02. The number of hydrogen-bond donors (Lipinski definition) is 0. The van der Waals surface area contributed by atoms with E-state index in [1.807, 2.05) is 0 Å². The van der Waals surface area contributed by atoms with E-state index in [4.69, 9.17) is 15.4 Å². The Morgan fingerprint density at radius 3 is 2.19 bits per heavy atom. The molecule has 0 atom stereocenters. The van der Waals surface area contributed by atoms with E-state index < -0.39 is 9.24 Å². The van der Waals surface area contributed by atoms with Gasteiger partial charge >= 0.3 is 0 Å². The van der Waals surface area contributed by atoms with Gasteiger partial charge in [0.15, 0.2) is 0 Å². The lowest BCUT2D eigenvalue weighted by molar-refractivity contribution is 0.399. The average molecular weight is 389 g/mol. The first-order valence-corrected chi connectivity index (χ1v) is 12.3. The number of methoxy groups -OCH3 is 1. The van der Waals surface area contributed by atoms with Crippen LogP contribution in [0.15, 0.2) is 42.0 Å². The van der Waals surface area contributed by atoms with E-state index in [0.717, 1.165) is 12.2 Å². The molecular formula is C23H29ClOS. The van der Waals surface area contributed by atoms with Crippen molar-refractivity contribution in [3.63, 3.8) is 0 Å². The summed E-state index contributed by atoms with van der Waals surface area (Å²) in [4.78, 5) is 1.35. The highest BCUT2D eigenvalue weighted by molar-refractivity contribution is 8.56. The van der Waals surface area contributed by atoms with Crippen LogP contribution in [0.5, 0.6) is 5.75 Å². The van der Waals surface area contributed by atoms with Crippen molar-refractivity contribution in [2.75, 3.05) is 19.6 Å². The molecule has 0 spiro atoms. The smallest absolute Gasteiger partial charge is 0.130 e. The van der Waals surface area contributed by atoms with Gasteiger partial charge in [-0.1, -0.05) is 67.4 Å². The van der Waals surface area contributed by atoms with Gasteiger partial charge in [0, 0.05) is 16.0 Å². The zero-order chi connectivity index (χ0) is 19.3. The Bertz CT molecular complexity index is 868. The molecule has 2 aromatic carbocycles. The van der Waals surface area contributed by atoms with Gasteiger partial charge in [-0.2, -0.15) is 0 Å². The Labute approximate surface area is 164 Å². The molecule has 3 rings (SSSR count). The van der Waals surface area contributed by atoms with Crippen LogP contribution < -0.4 is 4.74 Å². The second-order valence-electron chi connectivity index (χ2n) is 8.46. The molecule has 140 valence electrons. The highest BCUT2D eigenvalue weighted by atomic mass is 35.7. The van der Waals surface area contributed by atoms with Gasteiger partial charge in [0.2, 0.25) is 0 Å². The van der Waals surface area contributed by atoms with Crippen LogP contribution in [0, 0.1) is 0 Å². The highest BCUT2D eigenvalue weighted by Gasteiger charge is 2.34. The molecule has 0 radical (unpaired) electrons.